The number of benzene rings is 2. The Morgan fingerprint density at radius 1 is 1.12 bits per heavy atom. The number of fused-ring (bicyclic) bond motifs is 1. The van der Waals surface area contributed by atoms with Gasteiger partial charge in [-0.15, -0.1) is 0 Å². The number of rotatable bonds is 8. The van der Waals surface area contributed by atoms with E-state index in [9.17, 15) is 4.79 Å². The maximum absolute atomic E-state index is 12.1. The first-order valence-corrected chi connectivity index (χ1v) is 9.59. The number of aromatic nitrogens is 1. The summed E-state index contributed by atoms with van der Waals surface area (Å²) in [5.41, 5.74) is 9.58. The van der Waals surface area contributed by atoms with E-state index in [0.29, 0.717) is 12.3 Å². The smallest absolute Gasteiger partial charge is 0.237 e. The summed E-state index contributed by atoms with van der Waals surface area (Å²) >= 11 is 1.69. The van der Waals surface area contributed by atoms with E-state index >= 15 is 0 Å². The van der Waals surface area contributed by atoms with Crippen molar-refractivity contribution < 1.29 is 4.79 Å². The lowest BCUT2D eigenvalue weighted by Gasteiger charge is -2.12. The lowest BCUT2D eigenvalue weighted by molar-refractivity contribution is -0.121. The number of aromatic amines is 1. The summed E-state index contributed by atoms with van der Waals surface area (Å²) in [6.45, 7) is 0.595. The minimum atomic E-state index is -0.475. The van der Waals surface area contributed by atoms with E-state index in [1.807, 2.05) is 36.5 Å². The van der Waals surface area contributed by atoms with E-state index in [-0.39, 0.29) is 5.91 Å². The first-order chi connectivity index (χ1) is 12.2. The van der Waals surface area contributed by atoms with Gasteiger partial charge < -0.3 is 16.0 Å². The average Bonchev–Trinajstić information content (AvgIpc) is 3.06. The summed E-state index contributed by atoms with van der Waals surface area (Å²) in [6, 6.07) is 17.9. The number of carbonyl (C=O) groups is 1. The van der Waals surface area contributed by atoms with Gasteiger partial charge in [0.1, 0.15) is 0 Å². The van der Waals surface area contributed by atoms with Gasteiger partial charge in [-0.25, -0.2) is 0 Å². The molecule has 3 rings (SSSR count). The fourth-order valence-electron chi connectivity index (χ4n) is 2.74. The largest absolute Gasteiger partial charge is 0.361 e. The molecular weight excluding hydrogens is 330 g/mol. The van der Waals surface area contributed by atoms with Gasteiger partial charge in [0.15, 0.2) is 0 Å². The van der Waals surface area contributed by atoms with Crippen molar-refractivity contribution in [2.45, 2.75) is 18.2 Å². The molecule has 0 aliphatic carbocycles. The number of para-hydroxylation sites is 1. The standard InChI is InChI=1S/C20H23N3OS/c21-18(14-25-13-15-6-2-1-3-7-15)20(24)22-11-10-16-12-23-19-9-5-4-8-17(16)19/h1-9,12,18,23H,10-11,13-14,21H2,(H,22,24)/t18-/m0/s1. The molecule has 1 heterocycles. The molecule has 0 radical (unpaired) electrons. The van der Waals surface area contributed by atoms with Crippen LogP contribution in [0.1, 0.15) is 11.1 Å². The molecule has 1 atom stereocenters. The Morgan fingerprint density at radius 2 is 1.88 bits per heavy atom. The molecule has 1 amide bonds. The highest BCUT2D eigenvalue weighted by atomic mass is 32.2. The van der Waals surface area contributed by atoms with Gasteiger partial charge >= 0.3 is 0 Å². The predicted octanol–water partition coefficient (Wildman–Crippen LogP) is 3.09. The van der Waals surface area contributed by atoms with Crippen molar-refractivity contribution in [1.29, 1.82) is 0 Å². The van der Waals surface area contributed by atoms with E-state index in [0.717, 1.165) is 17.7 Å². The van der Waals surface area contributed by atoms with E-state index in [2.05, 4.69) is 34.6 Å². The molecule has 0 aliphatic heterocycles. The summed E-state index contributed by atoms with van der Waals surface area (Å²) in [5.74, 6) is 1.41. The Kier molecular flexibility index (Phi) is 6.14. The topological polar surface area (TPSA) is 70.9 Å². The van der Waals surface area contributed by atoms with Crippen LogP contribution in [0.3, 0.4) is 0 Å². The van der Waals surface area contributed by atoms with Crippen LogP contribution in [0.25, 0.3) is 10.9 Å². The Hall–Kier alpha value is -2.24. The number of carbonyl (C=O) groups excluding carboxylic acids is 1. The van der Waals surface area contributed by atoms with Crippen LogP contribution in [0.5, 0.6) is 0 Å². The number of hydrogen-bond acceptors (Lipinski definition) is 3. The molecule has 25 heavy (non-hydrogen) atoms. The van der Waals surface area contributed by atoms with Gasteiger partial charge in [-0.2, -0.15) is 11.8 Å². The lowest BCUT2D eigenvalue weighted by Crippen LogP contribution is -2.42. The van der Waals surface area contributed by atoms with E-state index in [4.69, 9.17) is 5.73 Å². The van der Waals surface area contributed by atoms with Gasteiger partial charge in [0, 0.05) is 35.2 Å². The van der Waals surface area contributed by atoms with Crippen molar-refractivity contribution in [2.24, 2.45) is 5.73 Å². The molecule has 0 fully saturated rings. The quantitative estimate of drug-likeness (QED) is 0.583. The minimum absolute atomic E-state index is 0.0830. The Balaban J connectivity index is 1.39. The van der Waals surface area contributed by atoms with E-state index in [1.54, 1.807) is 11.8 Å². The number of H-pyrrole nitrogens is 1. The first kappa shape index (κ1) is 17.6. The fourth-order valence-corrected chi connectivity index (χ4v) is 3.69. The van der Waals surface area contributed by atoms with Crippen molar-refractivity contribution in [3.8, 4) is 0 Å². The summed E-state index contributed by atoms with van der Waals surface area (Å²) in [5, 5.41) is 4.15. The third-order valence-electron chi connectivity index (χ3n) is 4.11. The van der Waals surface area contributed by atoms with Crippen molar-refractivity contribution in [3.05, 3.63) is 71.9 Å². The molecule has 5 heteroatoms. The summed E-state index contributed by atoms with van der Waals surface area (Å²) < 4.78 is 0. The Labute approximate surface area is 152 Å². The van der Waals surface area contributed by atoms with Crippen LogP contribution in [-0.2, 0) is 17.0 Å². The highest BCUT2D eigenvalue weighted by molar-refractivity contribution is 7.98. The molecule has 0 saturated heterocycles. The molecular formula is C20H23N3OS. The second kappa shape index (κ2) is 8.74. The van der Waals surface area contributed by atoms with Crippen molar-refractivity contribution in [1.82, 2.24) is 10.3 Å². The van der Waals surface area contributed by atoms with Crippen molar-refractivity contribution in [2.75, 3.05) is 12.3 Å². The highest BCUT2D eigenvalue weighted by Crippen LogP contribution is 2.17. The normalized spacial score (nSPS) is 12.2. The van der Waals surface area contributed by atoms with Gasteiger partial charge in [-0.1, -0.05) is 48.5 Å². The Bertz CT molecular complexity index is 816. The molecule has 1 aromatic heterocycles. The van der Waals surface area contributed by atoms with Crippen LogP contribution in [0.15, 0.2) is 60.8 Å². The molecule has 2 aromatic carbocycles. The fraction of sp³-hybridized carbons (Fsp3) is 0.250. The number of nitrogens with one attached hydrogen (secondary N) is 2. The minimum Gasteiger partial charge on any atom is -0.361 e. The zero-order valence-electron chi connectivity index (χ0n) is 14.1. The number of amides is 1. The van der Waals surface area contributed by atoms with Gasteiger partial charge in [-0.3, -0.25) is 4.79 Å². The van der Waals surface area contributed by atoms with Gasteiger partial charge in [-0.05, 0) is 23.6 Å². The maximum atomic E-state index is 12.1. The monoisotopic (exact) mass is 353 g/mol. The highest BCUT2D eigenvalue weighted by Gasteiger charge is 2.13. The molecule has 130 valence electrons. The molecule has 0 bridgehead atoms. The summed E-state index contributed by atoms with van der Waals surface area (Å²) in [7, 11) is 0. The second-order valence-corrected chi connectivity index (χ2v) is 7.04. The predicted molar refractivity (Wildman–Crippen MR) is 106 cm³/mol. The van der Waals surface area contributed by atoms with Crippen LogP contribution >= 0.6 is 11.8 Å². The van der Waals surface area contributed by atoms with Gasteiger partial charge in [0.05, 0.1) is 6.04 Å². The Morgan fingerprint density at radius 3 is 2.72 bits per heavy atom. The zero-order valence-corrected chi connectivity index (χ0v) is 14.9. The first-order valence-electron chi connectivity index (χ1n) is 8.44. The maximum Gasteiger partial charge on any atom is 0.237 e. The van der Waals surface area contributed by atoms with Crippen LogP contribution in [0.4, 0.5) is 0 Å². The van der Waals surface area contributed by atoms with E-state index < -0.39 is 6.04 Å². The number of thioether (sulfide) groups is 1. The van der Waals surface area contributed by atoms with Crippen molar-refractivity contribution in [3.63, 3.8) is 0 Å². The third kappa shape index (κ3) is 4.87. The van der Waals surface area contributed by atoms with E-state index in [1.165, 1.54) is 16.5 Å². The van der Waals surface area contributed by atoms with Gasteiger partial charge in [0.25, 0.3) is 0 Å². The zero-order chi connectivity index (χ0) is 17.5. The summed E-state index contributed by atoms with van der Waals surface area (Å²) in [4.78, 5) is 15.4. The molecule has 4 nitrogen and oxygen atoms in total. The lowest BCUT2D eigenvalue weighted by atomic mass is 10.1. The van der Waals surface area contributed by atoms with Crippen molar-refractivity contribution >= 4 is 28.6 Å². The van der Waals surface area contributed by atoms with Crippen LogP contribution in [0, 0.1) is 0 Å². The third-order valence-corrected chi connectivity index (χ3v) is 5.25. The second-order valence-electron chi connectivity index (χ2n) is 6.01. The molecule has 0 unspecified atom stereocenters. The van der Waals surface area contributed by atoms with Crippen LogP contribution in [0.2, 0.25) is 0 Å². The number of nitrogens with two attached hydrogens (primary N) is 1. The molecule has 3 aromatic rings. The molecule has 0 saturated carbocycles. The average molecular weight is 353 g/mol. The number of hydrogen-bond donors (Lipinski definition) is 3. The van der Waals surface area contributed by atoms with Gasteiger partial charge in [0.2, 0.25) is 5.91 Å². The van der Waals surface area contributed by atoms with Crippen LogP contribution in [-0.4, -0.2) is 29.2 Å². The summed E-state index contributed by atoms with van der Waals surface area (Å²) in [6.07, 6.45) is 2.80. The SMILES string of the molecule is N[C@@H](CSCc1ccccc1)C(=O)NCCc1c[nH]c2ccccc12. The van der Waals surface area contributed by atoms with Crippen LogP contribution < -0.4 is 11.1 Å². The molecule has 0 aliphatic rings. The molecule has 4 N–H and O–H groups in total. The molecule has 0 spiro atoms.